The fraction of sp³-hybridized carbons (Fsp3) is 0.643. The summed E-state index contributed by atoms with van der Waals surface area (Å²) in [4.78, 5) is 23.0. The molecule has 2 heterocycles. The minimum Gasteiger partial charge on any atom is -0.480 e. The fourth-order valence-electron chi connectivity index (χ4n) is 2.64. The van der Waals surface area contributed by atoms with E-state index in [1.54, 1.807) is 0 Å². The van der Waals surface area contributed by atoms with Crippen LogP contribution in [0.4, 0.5) is 5.82 Å². The van der Waals surface area contributed by atoms with E-state index >= 15 is 0 Å². The number of carboxylic acid groups (broad SMARTS) is 1. The van der Waals surface area contributed by atoms with Crippen molar-refractivity contribution in [3.05, 3.63) is 12.3 Å². The molecule has 1 atom stereocenters. The number of amides is 1. The molecular formula is C14H22N4O5S. The number of nitrogens with one attached hydrogen (secondary N) is 1. The Morgan fingerprint density at radius 3 is 2.88 bits per heavy atom. The third-order valence-electron chi connectivity index (χ3n) is 3.81. The lowest BCUT2D eigenvalue weighted by Gasteiger charge is -2.22. The van der Waals surface area contributed by atoms with Crippen LogP contribution in [0.2, 0.25) is 0 Å². The Morgan fingerprint density at radius 2 is 2.21 bits per heavy atom. The fourth-order valence-corrected chi connectivity index (χ4v) is 4.53. The summed E-state index contributed by atoms with van der Waals surface area (Å²) in [5.74, 6) is -1.23. The first-order chi connectivity index (χ1) is 11.3. The predicted octanol–water partition coefficient (Wildman–Crippen LogP) is 0.500. The summed E-state index contributed by atoms with van der Waals surface area (Å²) in [5, 5.41) is 15.2. The van der Waals surface area contributed by atoms with Crippen LogP contribution < -0.4 is 5.32 Å². The van der Waals surface area contributed by atoms with Gasteiger partial charge in [0, 0.05) is 18.8 Å². The molecule has 0 saturated carbocycles. The lowest BCUT2D eigenvalue weighted by molar-refractivity contribution is -0.137. The van der Waals surface area contributed by atoms with Crippen molar-refractivity contribution in [3.63, 3.8) is 0 Å². The highest BCUT2D eigenvalue weighted by atomic mass is 32.2. The summed E-state index contributed by atoms with van der Waals surface area (Å²) in [6, 6.07) is 0.739. The molecule has 1 saturated heterocycles. The van der Waals surface area contributed by atoms with E-state index in [0.717, 1.165) is 6.42 Å². The first kappa shape index (κ1) is 18.4. The summed E-state index contributed by atoms with van der Waals surface area (Å²) in [7, 11) is -3.45. The van der Waals surface area contributed by atoms with Gasteiger partial charge in [-0.1, -0.05) is 13.3 Å². The number of carboxylic acids is 1. The number of carbonyl (C=O) groups is 2. The molecule has 2 rings (SSSR count). The second-order valence-corrected chi connectivity index (χ2v) is 7.76. The molecule has 134 valence electrons. The molecule has 0 radical (unpaired) electrons. The van der Waals surface area contributed by atoms with Crippen LogP contribution in [0.3, 0.4) is 0 Å². The molecule has 1 aliphatic rings. The molecule has 2 N–H and O–H groups in total. The molecule has 24 heavy (non-hydrogen) atoms. The van der Waals surface area contributed by atoms with Crippen molar-refractivity contribution in [1.29, 1.82) is 0 Å². The lowest BCUT2D eigenvalue weighted by Crippen LogP contribution is -2.44. The average molecular weight is 358 g/mol. The van der Waals surface area contributed by atoms with Crippen molar-refractivity contribution in [2.24, 2.45) is 0 Å². The highest BCUT2D eigenvalue weighted by Crippen LogP contribution is 2.23. The van der Waals surface area contributed by atoms with E-state index < -0.39 is 27.9 Å². The summed E-state index contributed by atoms with van der Waals surface area (Å²) < 4.78 is 27.1. The number of aromatic nitrogens is 2. The molecule has 1 amide bonds. The zero-order chi connectivity index (χ0) is 17.7. The standard InChI is InChI=1S/C14H22N4O5S/c1-2-3-9-24(22,23)18-7-4-5-11(18)14(21)15-12-6-8-17(16-12)10-13(19)20/h6,8,11H,2-5,7,9-10H2,1H3,(H,19,20)(H,15,16,21). The Kier molecular flexibility index (Phi) is 5.94. The van der Waals surface area contributed by atoms with Gasteiger partial charge in [-0.05, 0) is 19.3 Å². The topological polar surface area (TPSA) is 122 Å². The number of nitrogens with zero attached hydrogens (tertiary/aromatic N) is 3. The van der Waals surface area contributed by atoms with E-state index in [2.05, 4.69) is 10.4 Å². The molecular weight excluding hydrogens is 336 g/mol. The Morgan fingerprint density at radius 1 is 1.46 bits per heavy atom. The van der Waals surface area contributed by atoms with Gasteiger partial charge in [-0.2, -0.15) is 9.40 Å². The molecule has 0 spiro atoms. The maximum atomic E-state index is 12.4. The van der Waals surface area contributed by atoms with Gasteiger partial charge in [0.05, 0.1) is 5.75 Å². The number of hydrogen-bond donors (Lipinski definition) is 2. The number of rotatable bonds is 8. The van der Waals surface area contributed by atoms with Gasteiger partial charge in [0.2, 0.25) is 15.9 Å². The molecule has 1 aliphatic heterocycles. The minimum atomic E-state index is -3.45. The van der Waals surface area contributed by atoms with Crippen LogP contribution in [-0.2, 0) is 26.2 Å². The van der Waals surface area contributed by atoms with E-state index in [9.17, 15) is 18.0 Å². The quantitative estimate of drug-likeness (QED) is 0.698. The minimum absolute atomic E-state index is 0.0422. The normalized spacial score (nSPS) is 18.6. The smallest absolute Gasteiger partial charge is 0.325 e. The van der Waals surface area contributed by atoms with Crippen LogP contribution in [-0.4, -0.2) is 57.8 Å². The Labute approximate surface area is 140 Å². The highest BCUT2D eigenvalue weighted by Gasteiger charge is 2.38. The Bertz CT molecular complexity index is 700. The number of carbonyl (C=O) groups excluding carboxylic acids is 1. The Hall–Kier alpha value is -1.94. The second-order valence-electron chi connectivity index (χ2n) is 5.72. The largest absolute Gasteiger partial charge is 0.480 e. The van der Waals surface area contributed by atoms with E-state index in [1.165, 1.54) is 21.3 Å². The summed E-state index contributed by atoms with van der Waals surface area (Å²) >= 11 is 0. The van der Waals surface area contributed by atoms with Gasteiger partial charge in [-0.15, -0.1) is 0 Å². The number of hydrogen-bond acceptors (Lipinski definition) is 5. The summed E-state index contributed by atoms with van der Waals surface area (Å²) in [6.07, 6.45) is 3.87. The zero-order valence-corrected chi connectivity index (χ0v) is 14.3. The monoisotopic (exact) mass is 358 g/mol. The van der Waals surface area contributed by atoms with Gasteiger partial charge in [0.15, 0.2) is 5.82 Å². The van der Waals surface area contributed by atoms with Gasteiger partial charge >= 0.3 is 5.97 Å². The zero-order valence-electron chi connectivity index (χ0n) is 13.5. The molecule has 0 aliphatic carbocycles. The molecule has 0 aromatic carbocycles. The van der Waals surface area contributed by atoms with Crippen LogP contribution in [0.25, 0.3) is 0 Å². The number of aliphatic carboxylic acids is 1. The highest BCUT2D eigenvalue weighted by molar-refractivity contribution is 7.89. The van der Waals surface area contributed by atoms with Crippen molar-refractivity contribution in [2.75, 3.05) is 17.6 Å². The van der Waals surface area contributed by atoms with Crippen LogP contribution in [0, 0.1) is 0 Å². The van der Waals surface area contributed by atoms with Crippen molar-refractivity contribution >= 4 is 27.7 Å². The first-order valence-corrected chi connectivity index (χ1v) is 9.50. The third kappa shape index (κ3) is 4.54. The molecule has 10 heteroatoms. The predicted molar refractivity (Wildman–Crippen MR) is 86.9 cm³/mol. The van der Waals surface area contributed by atoms with E-state index in [0.29, 0.717) is 25.8 Å². The van der Waals surface area contributed by atoms with Gasteiger partial charge in [-0.25, -0.2) is 8.42 Å². The van der Waals surface area contributed by atoms with Crippen molar-refractivity contribution in [2.45, 2.75) is 45.2 Å². The van der Waals surface area contributed by atoms with Crippen molar-refractivity contribution in [3.8, 4) is 0 Å². The van der Waals surface area contributed by atoms with Gasteiger partial charge in [0.25, 0.3) is 0 Å². The number of anilines is 1. The molecule has 1 unspecified atom stereocenters. The molecule has 1 fully saturated rings. The van der Waals surface area contributed by atoms with Gasteiger partial charge < -0.3 is 10.4 Å². The van der Waals surface area contributed by atoms with Crippen molar-refractivity contribution < 1.29 is 23.1 Å². The lowest BCUT2D eigenvalue weighted by atomic mass is 10.2. The van der Waals surface area contributed by atoms with Crippen LogP contribution >= 0.6 is 0 Å². The maximum absolute atomic E-state index is 12.4. The number of sulfonamides is 1. The van der Waals surface area contributed by atoms with Crippen LogP contribution in [0.1, 0.15) is 32.6 Å². The Balaban J connectivity index is 2.03. The average Bonchev–Trinajstić information content (AvgIpc) is 3.14. The molecule has 0 bridgehead atoms. The maximum Gasteiger partial charge on any atom is 0.325 e. The van der Waals surface area contributed by atoms with Crippen LogP contribution in [0.5, 0.6) is 0 Å². The van der Waals surface area contributed by atoms with E-state index in [4.69, 9.17) is 5.11 Å². The summed E-state index contributed by atoms with van der Waals surface area (Å²) in [6.45, 7) is 1.95. The second kappa shape index (κ2) is 7.75. The van der Waals surface area contributed by atoms with E-state index in [-0.39, 0.29) is 18.1 Å². The SMILES string of the molecule is CCCCS(=O)(=O)N1CCCC1C(=O)Nc1ccn(CC(=O)O)n1. The van der Waals surface area contributed by atoms with E-state index in [1.807, 2.05) is 6.92 Å². The van der Waals surface area contributed by atoms with Gasteiger partial charge in [-0.3, -0.25) is 14.3 Å². The number of unbranched alkanes of at least 4 members (excludes halogenated alkanes) is 1. The van der Waals surface area contributed by atoms with Gasteiger partial charge in [0.1, 0.15) is 12.6 Å². The first-order valence-electron chi connectivity index (χ1n) is 7.89. The molecule has 9 nitrogen and oxygen atoms in total. The molecule has 1 aromatic heterocycles. The van der Waals surface area contributed by atoms with Crippen LogP contribution in [0.15, 0.2) is 12.3 Å². The third-order valence-corrected chi connectivity index (χ3v) is 5.76. The summed E-state index contributed by atoms with van der Waals surface area (Å²) in [5.41, 5.74) is 0. The van der Waals surface area contributed by atoms with Crippen molar-refractivity contribution in [1.82, 2.24) is 14.1 Å². The molecule has 1 aromatic rings.